The van der Waals surface area contributed by atoms with Crippen molar-refractivity contribution < 1.29 is 4.74 Å². The minimum Gasteiger partial charge on any atom is -0.382 e. The van der Waals surface area contributed by atoms with Crippen LogP contribution in [-0.4, -0.2) is 44.8 Å². The van der Waals surface area contributed by atoms with E-state index in [1.165, 1.54) is 17.5 Å². The first kappa shape index (κ1) is 17.2. The van der Waals surface area contributed by atoms with Gasteiger partial charge in [-0.15, -0.1) is 0 Å². The summed E-state index contributed by atoms with van der Waals surface area (Å²) in [4.78, 5) is 2.36. The molecule has 0 heterocycles. The SMILES string of the molecule is CCOCCCCNCCN(C)Cc1ccc(C)cc1. The van der Waals surface area contributed by atoms with Crippen molar-refractivity contribution in [2.75, 3.05) is 39.9 Å². The first-order valence-corrected chi connectivity index (χ1v) is 7.75. The molecule has 1 rings (SSSR count). The molecule has 0 aliphatic rings. The number of likely N-dealkylation sites (N-methyl/N-ethyl adjacent to an activating group) is 1. The number of rotatable bonds is 11. The molecule has 20 heavy (non-hydrogen) atoms. The van der Waals surface area contributed by atoms with Crippen molar-refractivity contribution >= 4 is 0 Å². The van der Waals surface area contributed by atoms with Crippen molar-refractivity contribution in [3.8, 4) is 0 Å². The number of ether oxygens (including phenoxy) is 1. The largest absolute Gasteiger partial charge is 0.382 e. The summed E-state index contributed by atoms with van der Waals surface area (Å²) >= 11 is 0. The zero-order valence-corrected chi connectivity index (χ0v) is 13.3. The quantitative estimate of drug-likeness (QED) is 0.630. The maximum Gasteiger partial charge on any atom is 0.0466 e. The monoisotopic (exact) mass is 278 g/mol. The fourth-order valence-corrected chi connectivity index (χ4v) is 2.08. The molecule has 0 fully saturated rings. The topological polar surface area (TPSA) is 24.5 Å². The van der Waals surface area contributed by atoms with Crippen LogP contribution in [0.5, 0.6) is 0 Å². The molecule has 0 aliphatic carbocycles. The number of benzene rings is 1. The van der Waals surface area contributed by atoms with E-state index in [9.17, 15) is 0 Å². The van der Waals surface area contributed by atoms with Crippen LogP contribution in [0, 0.1) is 6.92 Å². The zero-order chi connectivity index (χ0) is 14.6. The second-order valence-electron chi connectivity index (χ2n) is 5.38. The van der Waals surface area contributed by atoms with Crippen molar-refractivity contribution in [2.45, 2.75) is 33.2 Å². The van der Waals surface area contributed by atoms with Gasteiger partial charge in [0.15, 0.2) is 0 Å². The van der Waals surface area contributed by atoms with Gasteiger partial charge in [-0.1, -0.05) is 29.8 Å². The van der Waals surface area contributed by atoms with Gasteiger partial charge >= 0.3 is 0 Å². The third kappa shape index (κ3) is 8.31. The van der Waals surface area contributed by atoms with E-state index in [0.717, 1.165) is 45.8 Å². The zero-order valence-electron chi connectivity index (χ0n) is 13.3. The number of nitrogens with one attached hydrogen (secondary N) is 1. The summed E-state index contributed by atoms with van der Waals surface area (Å²) in [6.45, 7) is 10.1. The summed E-state index contributed by atoms with van der Waals surface area (Å²) in [5.41, 5.74) is 2.71. The molecule has 3 nitrogen and oxygen atoms in total. The molecule has 1 N–H and O–H groups in total. The Bertz CT molecular complexity index is 337. The van der Waals surface area contributed by atoms with E-state index in [1.54, 1.807) is 0 Å². The van der Waals surface area contributed by atoms with Crippen molar-refractivity contribution in [3.63, 3.8) is 0 Å². The average molecular weight is 278 g/mol. The smallest absolute Gasteiger partial charge is 0.0466 e. The van der Waals surface area contributed by atoms with E-state index in [0.29, 0.717) is 0 Å². The molecule has 0 aliphatic heterocycles. The summed E-state index contributed by atoms with van der Waals surface area (Å²) in [7, 11) is 2.18. The lowest BCUT2D eigenvalue weighted by Gasteiger charge is -2.17. The summed E-state index contributed by atoms with van der Waals surface area (Å²) in [6, 6.07) is 8.79. The molecular weight excluding hydrogens is 248 g/mol. The molecular formula is C17H30N2O. The van der Waals surface area contributed by atoms with Crippen LogP contribution in [0.25, 0.3) is 0 Å². The average Bonchev–Trinajstić information content (AvgIpc) is 2.44. The van der Waals surface area contributed by atoms with Crippen LogP contribution >= 0.6 is 0 Å². The Morgan fingerprint density at radius 2 is 1.85 bits per heavy atom. The molecule has 0 saturated carbocycles. The molecule has 0 radical (unpaired) electrons. The number of unbranched alkanes of at least 4 members (excludes halogenated alkanes) is 1. The van der Waals surface area contributed by atoms with Gasteiger partial charge in [-0.25, -0.2) is 0 Å². The van der Waals surface area contributed by atoms with Crippen molar-refractivity contribution in [3.05, 3.63) is 35.4 Å². The maximum atomic E-state index is 5.32. The summed E-state index contributed by atoms with van der Waals surface area (Å²) in [5, 5.41) is 3.49. The van der Waals surface area contributed by atoms with Crippen LogP contribution < -0.4 is 5.32 Å². The van der Waals surface area contributed by atoms with E-state index in [4.69, 9.17) is 4.74 Å². The van der Waals surface area contributed by atoms with Gasteiger partial charge in [-0.05, 0) is 45.8 Å². The normalized spacial score (nSPS) is 11.2. The molecule has 0 saturated heterocycles. The molecule has 0 unspecified atom stereocenters. The van der Waals surface area contributed by atoms with Gasteiger partial charge < -0.3 is 15.0 Å². The summed E-state index contributed by atoms with van der Waals surface area (Å²) in [6.07, 6.45) is 2.35. The van der Waals surface area contributed by atoms with Gasteiger partial charge in [0, 0.05) is 32.8 Å². The lowest BCUT2D eigenvalue weighted by Crippen LogP contribution is -2.29. The number of aryl methyl sites for hydroxylation is 1. The van der Waals surface area contributed by atoms with Gasteiger partial charge in [0.2, 0.25) is 0 Å². The lowest BCUT2D eigenvalue weighted by molar-refractivity contribution is 0.143. The van der Waals surface area contributed by atoms with Crippen LogP contribution in [0.1, 0.15) is 30.9 Å². The highest BCUT2D eigenvalue weighted by atomic mass is 16.5. The molecule has 0 aromatic heterocycles. The van der Waals surface area contributed by atoms with Gasteiger partial charge in [-0.3, -0.25) is 0 Å². The van der Waals surface area contributed by atoms with E-state index in [2.05, 4.69) is 48.5 Å². The van der Waals surface area contributed by atoms with Gasteiger partial charge in [0.1, 0.15) is 0 Å². The molecule has 114 valence electrons. The van der Waals surface area contributed by atoms with Crippen molar-refractivity contribution in [1.29, 1.82) is 0 Å². The molecule has 0 bridgehead atoms. The number of hydrogen-bond donors (Lipinski definition) is 1. The van der Waals surface area contributed by atoms with Gasteiger partial charge in [0.05, 0.1) is 0 Å². The van der Waals surface area contributed by atoms with E-state index >= 15 is 0 Å². The Morgan fingerprint density at radius 1 is 1.10 bits per heavy atom. The van der Waals surface area contributed by atoms with Crippen LogP contribution in [0.3, 0.4) is 0 Å². The minimum absolute atomic E-state index is 0.831. The standard InChI is InChI=1S/C17H30N2O/c1-4-20-14-6-5-11-18-12-13-19(3)15-17-9-7-16(2)8-10-17/h7-10,18H,4-6,11-15H2,1-3H3. The Balaban J connectivity index is 2.00. The highest BCUT2D eigenvalue weighted by Gasteiger charge is 1.99. The summed E-state index contributed by atoms with van der Waals surface area (Å²) < 4.78 is 5.32. The number of nitrogens with zero attached hydrogens (tertiary/aromatic N) is 1. The van der Waals surface area contributed by atoms with Crippen LogP contribution in [0.2, 0.25) is 0 Å². The molecule has 0 spiro atoms. The maximum absolute atomic E-state index is 5.32. The Hall–Kier alpha value is -0.900. The second kappa shape index (κ2) is 10.8. The Labute approximate surface area is 124 Å². The molecule has 0 amide bonds. The number of hydrogen-bond acceptors (Lipinski definition) is 3. The predicted octanol–water partition coefficient (Wildman–Crippen LogP) is 2.83. The summed E-state index contributed by atoms with van der Waals surface area (Å²) in [5.74, 6) is 0. The van der Waals surface area contributed by atoms with E-state index in [-0.39, 0.29) is 0 Å². The fraction of sp³-hybridized carbons (Fsp3) is 0.647. The third-order valence-corrected chi connectivity index (χ3v) is 3.34. The van der Waals surface area contributed by atoms with Crippen molar-refractivity contribution in [2.24, 2.45) is 0 Å². The highest BCUT2D eigenvalue weighted by molar-refractivity contribution is 5.21. The molecule has 0 atom stereocenters. The molecule has 1 aromatic rings. The second-order valence-corrected chi connectivity index (χ2v) is 5.38. The third-order valence-electron chi connectivity index (χ3n) is 3.34. The molecule has 1 aromatic carbocycles. The van der Waals surface area contributed by atoms with E-state index in [1.807, 2.05) is 6.92 Å². The lowest BCUT2D eigenvalue weighted by atomic mass is 10.1. The van der Waals surface area contributed by atoms with Gasteiger partial charge in [0.25, 0.3) is 0 Å². The Kier molecular flexibility index (Phi) is 9.29. The minimum atomic E-state index is 0.831. The predicted molar refractivity (Wildman–Crippen MR) is 86.1 cm³/mol. The fourth-order valence-electron chi connectivity index (χ4n) is 2.08. The first-order chi connectivity index (χ1) is 9.72. The van der Waals surface area contributed by atoms with Crippen LogP contribution in [-0.2, 0) is 11.3 Å². The van der Waals surface area contributed by atoms with E-state index < -0.39 is 0 Å². The van der Waals surface area contributed by atoms with Crippen molar-refractivity contribution in [1.82, 2.24) is 10.2 Å². The molecule has 3 heteroatoms. The first-order valence-electron chi connectivity index (χ1n) is 7.75. The van der Waals surface area contributed by atoms with Crippen LogP contribution in [0.15, 0.2) is 24.3 Å². The highest BCUT2D eigenvalue weighted by Crippen LogP contribution is 2.05. The Morgan fingerprint density at radius 3 is 2.55 bits per heavy atom. The van der Waals surface area contributed by atoms with Gasteiger partial charge in [-0.2, -0.15) is 0 Å². The van der Waals surface area contributed by atoms with Crippen LogP contribution in [0.4, 0.5) is 0 Å².